The summed E-state index contributed by atoms with van der Waals surface area (Å²) in [7, 11) is 1.76. The standard InChI is InChI=1S/C22H22F2N2O2.C2H4O/c1-25-21(13-5-6-13)22(28)26-12-15(18-11-16(23)7-8-19(18)24)10-20(26)14-3-2-4-17(27)9-14;1-2-3/h2-4,7-11,13,20-21,25,27H,5-6,12H2,1H3;2H,1H3. The van der Waals surface area contributed by atoms with Crippen molar-refractivity contribution in [1.29, 1.82) is 0 Å². The summed E-state index contributed by atoms with van der Waals surface area (Å²) >= 11 is 0. The maximum atomic E-state index is 14.3. The van der Waals surface area contributed by atoms with Gasteiger partial charge in [-0.2, -0.15) is 0 Å². The Morgan fingerprint density at radius 3 is 2.55 bits per heavy atom. The Morgan fingerprint density at radius 2 is 1.94 bits per heavy atom. The largest absolute Gasteiger partial charge is 0.508 e. The number of likely N-dealkylation sites (N-methyl/N-ethyl adjacent to an activating group) is 1. The van der Waals surface area contributed by atoms with Gasteiger partial charge in [0.05, 0.1) is 12.1 Å². The molecule has 1 aliphatic heterocycles. The Balaban J connectivity index is 0.000000858. The summed E-state index contributed by atoms with van der Waals surface area (Å²) in [6, 6.07) is 9.26. The highest BCUT2D eigenvalue weighted by Gasteiger charge is 2.41. The number of carbonyl (C=O) groups excluding carboxylic acids is 2. The average molecular weight is 428 g/mol. The van der Waals surface area contributed by atoms with Gasteiger partial charge >= 0.3 is 0 Å². The summed E-state index contributed by atoms with van der Waals surface area (Å²) in [5.41, 5.74) is 1.45. The first-order chi connectivity index (χ1) is 14.9. The van der Waals surface area contributed by atoms with Crippen LogP contribution in [-0.4, -0.2) is 41.8 Å². The maximum Gasteiger partial charge on any atom is 0.241 e. The van der Waals surface area contributed by atoms with E-state index in [1.54, 1.807) is 36.2 Å². The van der Waals surface area contributed by atoms with Gasteiger partial charge in [-0.1, -0.05) is 18.2 Å². The first-order valence-corrected chi connectivity index (χ1v) is 10.2. The zero-order valence-electron chi connectivity index (χ0n) is 17.5. The first kappa shape index (κ1) is 22.6. The normalized spacial score (nSPS) is 18.6. The van der Waals surface area contributed by atoms with Gasteiger partial charge in [0.25, 0.3) is 0 Å². The molecular weight excluding hydrogens is 402 g/mol. The lowest BCUT2D eigenvalue weighted by atomic mass is 10.0. The second-order valence-electron chi connectivity index (χ2n) is 7.66. The van der Waals surface area contributed by atoms with Crippen molar-refractivity contribution in [2.75, 3.05) is 13.6 Å². The number of aldehydes is 1. The highest BCUT2D eigenvalue weighted by molar-refractivity contribution is 5.87. The molecule has 2 aromatic carbocycles. The van der Waals surface area contributed by atoms with Crippen LogP contribution in [0, 0.1) is 17.6 Å². The molecule has 4 rings (SSSR count). The van der Waals surface area contributed by atoms with Crippen molar-refractivity contribution < 1.29 is 23.5 Å². The monoisotopic (exact) mass is 428 g/mol. The molecule has 1 aliphatic carbocycles. The molecule has 0 radical (unpaired) electrons. The van der Waals surface area contributed by atoms with E-state index in [1.165, 1.54) is 6.92 Å². The fraction of sp³-hybridized carbons (Fsp3) is 0.333. The van der Waals surface area contributed by atoms with Crippen molar-refractivity contribution in [2.24, 2.45) is 5.92 Å². The lowest BCUT2D eigenvalue weighted by Gasteiger charge is -2.29. The van der Waals surface area contributed by atoms with E-state index in [4.69, 9.17) is 4.79 Å². The number of hydrogen-bond donors (Lipinski definition) is 2. The number of benzene rings is 2. The van der Waals surface area contributed by atoms with Gasteiger partial charge in [-0.05, 0) is 74.2 Å². The van der Waals surface area contributed by atoms with Crippen LogP contribution < -0.4 is 5.32 Å². The molecule has 1 heterocycles. The molecule has 7 heteroatoms. The lowest BCUT2D eigenvalue weighted by Crippen LogP contribution is -2.46. The predicted octanol–water partition coefficient (Wildman–Crippen LogP) is 3.84. The molecule has 0 bridgehead atoms. The number of rotatable bonds is 5. The molecular formula is C24H26F2N2O3. The molecule has 5 nitrogen and oxygen atoms in total. The van der Waals surface area contributed by atoms with Crippen LogP contribution in [0.3, 0.4) is 0 Å². The van der Waals surface area contributed by atoms with Crippen molar-refractivity contribution in [3.8, 4) is 5.75 Å². The van der Waals surface area contributed by atoms with Crippen molar-refractivity contribution in [1.82, 2.24) is 10.2 Å². The number of nitrogens with zero attached hydrogens (tertiary/aromatic N) is 1. The second kappa shape index (κ2) is 9.83. The molecule has 1 amide bonds. The highest BCUT2D eigenvalue weighted by Crippen LogP contribution is 2.39. The summed E-state index contributed by atoms with van der Waals surface area (Å²) in [5, 5.41) is 13.0. The van der Waals surface area contributed by atoms with Gasteiger partial charge in [0.15, 0.2) is 0 Å². The van der Waals surface area contributed by atoms with Crippen LogP contribution >= 0.6 is 0 Å². The number of nitrogens with one attached hydrogen (secondary N) is 1. The molecule has 0 saturated heterocycles. The van der Waals surface area contributed by atoms with Gasteiger partial charge in [0, 0.05) is 12.1 Å². The second-order valence-corrected chi connectivity index (χ2v) is 7.66. The Kier molecular flexibility index (Phi) is 7.17. The van der Waals surface area contributed by atoms with E-state index < -0.39 is 17.7 Å². The van der Waals surface area contributed by atoms with E-state index in [2.05, 4.69) is 5.32 Å². The van der Waals surface area contributed by atoms with Gasteiger partial charge in [-0.25, -0.2) is 8.78 Å². The van der Waals surface area contributed by atoms with E-state index in [9.17, 15) is 18.7 Å². The number of hydrogen-bond acceptors (Lipinski definition) is 4. The number of amides is 1. The van der Waals surface area contributed by atoms with Gasteiger partial charge in [0.1, 0.15) is 23.7 Å². The number of halogens is 2. The van der Waals surface area contributed by atoms with Crippen LogP contribution in [-0.2, 0) is 9.59 Å². The zero-order valence-corrected chi connectivity index (χ0v) is 17.5. The summed E-state index contributed by atoms with van der Waals surface area (Å²) in [6.07, 6.45) is 4.53. The molecule has 2 atom stereocenters. The van der Waals surface area contributed by atoms with Crippen LogP contribution in [0.4, 0.5) is 8.78 Å². The van der Waals surface area contributed by atoms with E-state index in [0.717, 1.165) is 42.9 Å². The third kappa shape index (κ3) is 5.17. The molecule has 164 valence electrons. The quantitative estimate of drug-likeness (QED) is 0.710. The minimum atomic E-state index is -0.526. The van der Waals surface area contributed by atoms with Crippen molar-refractivity contribution in [3.63, 3.8) is 0 Å². The van der Waals surface area contributed by atoms with Gasteiger partial charge in [-0.15, -0.1) is 0 Å². The minimum Gasteiger partial charge on any atom is -0.508 e. The van der Waals surface area contributed by atoms with Crippen molar-refractivity contribution >= 4 is 17.8 Å². The summed E-state index contributed by atoms with van der Waals surface area (Å²) in [4.78, 5) is 23.7. The topological polar surface area (TPSA) is 69.6 Å². The molecule has 1 fully saturated rings. The Hall–Kier alpha value is -3.06. The summed E-state index contributed by atoms with van der Waals surface area (Å²) < 4.78 is 28.1. The van der Waals surface area contributed by atoms with Crippen molar-refractivity contribution in [2.45, 2.75) is 31.8 Å². The summed E-state index contributed by atoms with van der Waals surface area (Å²) in [6.45, 7) is 1.63. The average Bonchev–Trinajstić information content (AvgIpc) is 3.47. The van der Waals surface area contributed by atoms with Gasteiger partial charge < -0.3 is 20.1 Å². The fourth-order valence-corrected chi connectivity index (χ4v) is 3.90. The van der Waals surface area contributed by atoms with Crippen molar-refractivity contribution in [3.05, 3.63) is 71.3 Å². The van der Waals surface area contributed by atoms with E-state index in [-0.39, 0.29) is 29.8 Å². The smallest absolute Gasteiger partial charge is 0.241 e. The number of aromatic hydroxyl groups is 1. The van der Waals surface area contributed by atoms with Crippen LogP contribution in [0.5, 0.6) is 5.75 Å². The molecule has 1 saturated carbocycles. The van der Waals surface area contributed by atoms with E-state index >= 15 is 0 Å². The summed E-state index contributed by atoms with van der Waals surface area (Å²) in [5.74, 6) is -0.722. The Bertz CT molecular complexity index is 989. The zero-order chi connectivity index (χ0) is 22.5. The van der Waals surface area contributed by atoms with Crippen LogP contribution in [0.25, 0.3) is 5.57 Å². The molecule has 2 aromatic rings. The predicted molar refractivity (Wildman–Crippen MR) is 114 cm³/mol. The Labute approximate surface area is 180 Å². The molecule has 2 N–H and O–H groups in total. The SMILES string of the molecule is CC=O.CNC(C(=O)N1CC(c2cc(F)ccc2F)=CC1c1cccc(O)c1)C1CC1. The minimum absolute atomic E-state index is 0.0681. The molecule has 2 aliphatic rings. The first-order valence-electron chi connectivity index (χ1n) is 10.2. The molecule has 0 spiro atoms. The number of phenols is 1. The third-order valence-electron chi connectivity index (χ3n) is 5.48. The van der Waals surface area contributed by atoms with Crippen LogP contribution in [0.15, 0.2) is 48.5 Å². The molecule has 0 aromatic heterocycles. The van der Waals surface area contributed by atoms with Gasteiger partial charge in [-0.3, -0.25) is 4.79 Å². The lowest BCUT2D eigenvalue weighted by molar-refractivity contribution is -0.134. The maximum absolute atomic E-state index is 14.3. The Morgan fingerprint density at radius 1 is 1.23 bits per heavy atom. The molecule has 2 unspecified atom stereocenters. The molecule has 31 heavy (non-hydrogen) atoms. The van der Waals surface area contributed by atoms with Crippen LogP contribution in [0.2, 0.25) is 0 Å². The fourth-order valence-electron chi connectivity index (χ4n) is 3.90. The number of phenolic OH excluding ortho intramolecular Hbond substituents is 1. The van der Waals surface area contributed by atoms with Gasteiger partial charge in [0.2, 0.25) is 5.91 Å². The van der Waals surface area contributed by atoms with Crippen LogP contribution in [0.1, 0.15) is 36.9 Å². The highest BCUT2D eigenvalue weighted by atomic mass is 19.1. The van der Waals surface area contributed by atoms with E-state index in [0.29, 0.717) is 11.5 Å². The third-order valence-corrected chi connectivity index (χ3v) is 5.48. The number of carbonyl (C=O) groups is 2. The van der Waals surface area contributed by atoms with E-state index in [1.807, 2.05) is 6.07 Å².